The summed E-state index contributed by atoms with van der Waals surface area (Å²) < 4.78 is 12.0. The minimum absolute atomic E-state index is 0.120. The molecule has 2 aromatic carbocycles. The molecular formula is C15H14BrClO3. The van der Waals surface area contributed by atoms with Gasteiger partial charge in [-0.05, 0) is 24.3 Å². The number of ether oxygens (including phenoxy) is 2. The Labute approximate surface area is 131 Å². The summed E-state index contributed by atoms with van der Waals surface area (Å²) in [5.41, 5.74) is 1.55. The van der Waals surface area contributed by atoms with E-state index in [9.17, 15) is 5.11 Å². The first-order chi connectivity index (χ1) is 9.65. The van der Waals surface area contributed by atoms with E-state index in [-0.39, 0.29) is 6.61 Å². The fourth-order valence-electron chi connectivity index (χ4n) is 1.85. The van der Waals surface area contributed by atoms with E-state index >= 15 is 0 Å². The average Bonchev–Trinajstić information content (AvgIpc) is 2.46. The van der Waals surface area contributed by atoms with Crippen molar-refractivity contribution in [2.45, 2.75) is 13.2 Å². The molecule has 1 N–H and O–H groups in total. The van der Waals surface area contributed by atoms with Gasteiger partial charge in [0.25, 0.3) is 0 Å². The van der Waals surface area contributed by atoms with Crippen LogP contribution in [0.15, 0.2) is 40.9 Å². The van der Waals surface area contributed by atoms with E-state index in [0.29, 0.717) is 22.9 Å². The van der Waals surface area contributed by atoms with Crippen LogP contribution in [0.1, 0.15) is 11.1 Å². The van der Waals surface area contributed by atoms with E-state index in [1.165, 1.54) is 0 Å². The van der Waals surface area contributed by atoms with Gasteiger partial charge in [0.1, 0.15) is 18.1 Å². The summed E-state index contributed by atoms with van der Waals surface area (Å²) in [4.78, 5) is 0. The first-order valence-corrected chi connectivity index (χ1v) is 7.16. The Bertz CT molecular complexity index is 602. The van der Waals surface area contributed by atoms with Crippen LogP contribution in [-0.2, 0) is 13.2 Å². The van der Waals surface area contributed by atoms with Gasteiger partial charge in [-0.3, -0.25) is 0 Å². The van der Waals surface area contributed by atoms with Gasteiger partial charge in [0, 0.05) is 15.6 Å². The Morgan fingerprint density at radius 2 is 2.00 bits per heavy atom. The number of hydrogen-bond donors (Lipinski definition) is 1. The first kappa shape index (κ1) is 15.2. The highest BCUT2D eigenvalue weighted by Gasteiger charge is 2.10. The lowest BCUT2D eigenvalue weighted by Gasteiger charge is -2.14. The molecule has 2 rings (SSSR count). The first-order valence-electron chi connectivity index (χ1n) is 5.99. The van der Waals surface area contributed by atoms with Crippen LogP contribution in [0.5, 0.6) is 11.5 Å². The average molecular weight is 358 g/mol. The van der Waals surface area contributed by atoms with Gasteiger partial charge in [0.05, 0.1) is 18.7 Å². The maximum atomic E-state index is 9.31. The Morgan fingerprint density at radius 1 is 1.20 bits per heavy atom. The Kier molecular flexibility index (Phi) is 5.29. The Morgan fingerprint density at radius 3 is 2.70 bits per heavy atom. The quantitative estimate of drug-likeness (QED) is 0.872. The number of aliphatic hydroxyl groups excluding tert-OH is 1. The van der Waals surface area contributed by atoms with Crippen LogP contribution < -0.4 is 9.47 Å². The van der Waals surface area contributed by atoms with Crippen molar-refractivity contribution in [3.8, 4) is 11.5 Å². The maximum absolute atomic E-state index is 9.31. The molecule has 0 saturated heterocycles. The summed E-state index contributed by atoms with van der Waals surface area (Å²) in [5, 5.41) is 9.79. The van der Waals surface area contributed by atoms with E-state index in [0.717, 1.165) is 15.8 Å². The van der Waals surface area contributed by atoms with Gasteiger partial charge in [-0.15, -0.1) is 0 Å². The van der Waals surface area contributed by atoms with Crippen molar-refractivity contribution in [2.24, 2.45) is 0 Å². The van der Waals surface area contributed by atoms with E-state index in [2.05, 4.69) is 15.9 Å². The normalized spacial score (nSPS) is 10.4. The number of hydrogen-bond acceptors (Lipinski definition) is 3. The second-order valence-electron chi connectivity index (χ2n) is 4.13. The van der Waals surface area contributed by atoms with Crippen molar-refractivity contribution < 1.29 is 14.6 Å². The summed E-state index contributed by atoms with van der Waals surface area (Å²) in [6.07, 6.45) is 0. The molecule has 0 bridgehead atoms. The van der Waals surface area contributed by atoms with E-state index in [1.54, 1.807) is 25.3 Å². The highest BCUT2D eigenvalue weighted by atomic mass is 79.9. The maximum Gasteiger partial charge on any atom is 0.143 e. The Hall–Kier alpha value is -1.23. The van der Waals surface area contributed by atoms with Crippen LogP contribution >= 0.6 is 27.5 Å². The van der Waals surface area contributed by atoms with Gasteiger partial charge >= 0.3 is 0 Å². The third-order valence-corrected chi connectivity index (χ3v) is 3.62. The highest BCUT2D eigenvalue weighted by molar-refractivity contribution is 9.10. The molecule has 0 aliphatic carbocycles. The van der Waals surface area contributed by atoms with Gasteiger partial charge in [0.2, 0.25) is 0 Å². The summed E-state index contributed by atoms with van der Waals surface area (Å²) in [7, 11) is 1.61. The largest absolute Gasteiger partial charge is 0.496 e. The topological polar surface area (TPSA) is 38.7 Å². The number of rotatable bonds is 5. The zero-order valence-corrected chi connectivity index (χ0v) is 13.2. The van der Waals surface area contributed by atoms with E-state index in [1.807, 2.05) is 18.2 Å². The van der Waals surface area contributed by atoms with Crippen molar-refractivity contribution in [3.63, 3.8) is 0 Å². The molecule has 0 unspecified atom stereocenters. The predicted octanol–water partition coefficient (Wildman–Crippen LogP) is 4.18. The zero-order valence-electron chi connectivity index (χ0n) is 10.9. The third-order valence-electron chi connectivity index (χ3n) is 2.83. The molecule has 0 atom stereocenters. The Balaban J connectivity index is 2.23. The molecule has 106 valence electrons. The highest BCUT2D eigenvalue weighted by Crippen LogP contribution is 2.31. The summed E-state index contributed by atoms with van der Waals surface area (Å²) >= 11 is 9.52. The van der Waals surface area contributed by atoms with Crippen LogP contribution in [0.4, 0.5) is 0 Å². The lowest BCUT2D eigenvalue weighted by atomic mass is 10.2. The number of benzene rings is 2. The SMILES string of the molecule is COc1ccc(Br)cc1COc1c(Cl)cccc1CO. The monoisotopic (exact) mass is 356 g/mol. The zero-order chi connectivity index (χ0) is 14.5. The van der Waals surface area contributed by atoms with Gasteiger partial charge in [0.15, 0.2) is 0 Å². The van der Waals surface area contributed by atoms with Crippen LogP contribution in [0.25, 0.3) is 0 Å². The van der Waals surface area contributed by atoms with E-state index in [4.69, 9.17) is 21.1 Å². The van der Waals surface area contributed by atoms with Crippen molar-refractivity contribution >= 4 is 27.5 Å². The fourth-order valence-corrected chi connectivity index (χ4v) is 2.51. The molecule has 0 fully saturated rings. The fraction of sp³-hybridized carbons (Fsp3) is 0.200. The van der Waals surface area contributed by atoms with Gasteiger partial charge < -0.3 is 14.6 Å². The molecule has 0 amide bonds. The minimum Gasteiger partial charge on any atom is -0.496 e. The van der Waals surface area contributed by atoms with Crippen molar-refractivity contribution in [2.75, 3.05) is 7.11 Å². The molecule has 0 aliphatic heterocycles. The second-order valence-corrected chi connectivity index (χ2v) is 5.45. The summed E-state index contributed by atoms with van der Waals surface area (Å²) in [6.45, 7) is 0.185. The van der Waals surface area contributed by atoms with Crippen LogP contribution in [0.2, 0.25) is 5.02 Å². The molecule has 3 nitrogen and oxygen atoms in total. The van der Waals surface area contributed by atoms with Crippen molar-refractivity contribution in [3.05, 3.63) is 57.0 Å². The molecule has 0 aromatic heterocycles. The molecule has 20 heavy (non-hydrogen) atoms. The summed E-state index contributed by atoms with van der Waals surface area (Å²) in [5.74, 6) is 1.24. The lowest BCUT2D eigenvalue weighted by Crippen LogP contribution is -2.01. The van der Waals surface area contributed by atoms with Gasteiger partial charge in [-0.2, -0.15) is 0 Å². The molecule has 2 aromatic rings. The third kappa shape index (κ3) is 3.45. The molecule has 0 heterocycles. The molecular weight excluding hydrogens is 344 g/mol. The van der Waals surface area contributed by atoms with Crippen molar-refractivity contribution in [1.82, 2.24) is 0 Å². The van der Waals surface area contributed by atoms with Gasteiger partial charge in [-0.25, -0.2) is 0 Å². The molecule has 5 heteroatoms. The van der Waals surface area contributed by atoms with Gasteiger partial charge in [-0.1, -0.05) is 39.7 Å². The standard InChI is InChI=1S/C15H14BrClO3/c1-19-14-6-5-12(16)7-11(14)9-20-15-10(8-18)3-2-4-13(15)17/h2-7,18H,8-9H2,1H3. The molecule has 0 aliphatic rings. The number of para-hydroxylation sites is 1. The smallest absolute Gasteiger partial charge is 0.143 e. The number of halogens is 2. The van der Waals surface area contributed by atoms with Crippen LogP contribution in [-0.4, -0.2) is 12.2 Å². The van der Waals surface area contributed by atoms with Crippen LogP contribution in [0, 0.1) is 0 Å². The van der Waals surface area contributed by atoms with Crippen LogP contribution in [0.3, 0.4) is 0 Å². The predicted molar refractivity (Wildman–Crippen MR) is 82.4 cm³/mol. The number of methoxy groups -OCH3 is 1. The summed E-state index contributed by atoms with van der Waals surface area (Å²) in [6, 6.07) is 11.0. The molecule has 0 spiro atoms. The minimum atomic E-state index is -0.120. The lowest BCUT2D eigenvalue weighted by molar-refractivity contribution is 0.257. The molecule has 0 saturated carbocycles. The van der Waals surface area contributed by atoms with Crippen molar-refractivity contribution in [1.29, 1.82) is 0 Å². The molecule has 0 radical (unpaired) electrons. The number of aliphatic hydroxyl groups is 1. The second kappa shape index (κ2) is 6.97. The van der Waals surface area contributed by atoms with E-state index < -0.39 is 0 Å².